The Morgan fingerprint density at radius 3 is 2.50 bits per heavy atom. The van der Waals surface area contributed by atoms with E-state index in [4.69, 9.17) is 5.73 Å². The number of rotatable bonds is 4. The number of anilines is 1. The van der Waals surface area contributed by atoms with Gasteiger partial charge in [0.05, 0.1) is 5.69 Å². The van der Waals surface area contributed by atoms with E-state index < -0.39 is 0 Å². The van der Waals surface area contributed by atoms with Crippen LogP contribution in [0.1, 0.15) is 11.3 Å². The van der Waals surface area contributed by atoms with Crippen LogP contribution in [0.4, 0.5) is 5.95 Å². The van der Waals surface area contributed by atoms with Gasteiger partial charge >= 0.3 is 0 Å². The Morgan fingerprint density at radius 2 is 1.79 bits per heavy atom. The number of phenolic OH excluding ortho intramolecular Hbond substituents is 1. The molecule has 3 rings (SSSR count). The first-order valence-electron chi connectivity index (χ1n) is 7.74. The molecule has 3 N–H and O–H groups in total. The summed E-state index contributed by atoms with van der Waals surface area (Å²) in [6.07, 6.45) is 1.42. The van der Waals surface area contributed by atoms with Gasteiger partial charge in [0.1, 0.15) is 5.75 Å². The summed E-state index contributed by atoms with van der Waals surface area (Å²) in [5, 5.41) is 9.39. The molecule has 0 spiro atoms. The molecular weight excluding hydrogens is 302 g/mol. The van der Waals surface area contributed by atoms with E-state index in [1.807, 2.05) is 30.3 Å². The molecule has 0 amide bonds. The average Bonchev–Trinajstić information content (AvgIpc) is 2.58. The second kappa shape index (κ2) is 6.58. The van der Waals surface area contributed by atoms with Gasteiger partial charge in [-0.15, -0.1) is 0 Å². The van der Waals surface area contributed by atoms with Gasteiger partial charge in [-0.05, 0) is 41.7 Å². The Morgan fingerprint density at radius 1 is 1.04 bits per heavy atom. The first kappa shape index (κ1) is 15.8. The van der Waals surface area contributed by atoms with Crippen LogP contribution >= 0.6 is 0 Å². The molecule has 122 valence electrons. The highest BCUT2D eigenvalue weighted by molar-refractivity contribution is 5.64. The van der Waals surface area contributed by atoms with Crippen molar-refractivity contribution >= 4 is 5.95 Å². The van der Waals surface area contributed by atoms with Gasteiger partial charge in [0.25, 0.3) is 5.56 Å². The second-order valence-corrected chi connectivity index (χ2v) is 5.75. The fourth-order valence-corrected chi connectivity index (χ4v) is 2.57. The summed E-state index contributed by atoms with van der Waals surface area (Å²) in [5.41, 5.74) is 9.58. The van der Waals surface area contributed by atoms with Crippen molar-refractivity contribution < 1.29 is 5.11 Å². The number of aromatic nitrogens is 2. The molecule has 0 fully saturated rings. The van der Waals surface area contributed by atoms with Gasteiger partial charge in [0.15, 0.2) is 0 Å². The van der Waals surface area contributed by atoms with Crippen LogP contribution in [0.15, 0.2) is 59.4 Å². The lowest BCUT2D eigenvalue weighted by molar-refractivity contribution is 0.475. The molecule has 0 unspecified atom stereocenters. The van der Waals surface area contributed by atoms with Gasteiger partial charge in [-0.1, -0.05) is 36.4 Å². The largest absolute Gasteiger partial charge is 0.508 e. The summed E-state index contributed by atoms with van der Waals surface area (Å²) in [7, 11) is 1.61. The van der Waals surface area contributed by atoms with Crippen LogP contribution in [-0.2, 0) is 19.9 Å². The van der Waals surface area contributed by atoms with E-state index in [1.54, 1.807) is 19.2 Å². The number of nitrogens with two attached hydrogens (primary N) is 1. The maximum Gasteiger partial charge on any atom is 0.254 e. The topological polar surface area (TPSA) is 81.1 Å². The lowest BCUT2D eigenvalue weighted by Gasteiger charge is -2.07. The molecule has 0 atom stereocenters. The fraction of sp³-hybridized carbons (Fsp3) is 0.158. The van der Waals surface area contributed by atoms with E-state index in [-0.39, 0.29) is 17.3 Å². The van der Waals surface area contributed by atoms with Crippen molar-refractivity contribution in [2.24, 2.45) is 7.05 Å². The molecular formula is C19H19N3O2. The first-order chi connectivity index (χ1) is 11.5. The number of aromatic hydroxyl groups is 1. The van der Waals surface area contributed by atoms with E-state index >= 15 is 0 Å². The number of phenols is 1. The molecule has 0 aliphatic heterocycles. The van der Waals surface area contributed by atoms with Gasteiger partial charge in [0.2, 0.25) is 5.95 Å². The third-order valence-electron chi connectivity index (χ3n) is 4.02. The van der Waals surface area contributed by atoms with Gasteiger partial charge in [-0.3, -0.25) is 9.36 Å². The van der Waals surface area contributed by atoms with E-state index in [0.717, 1.165) is 23.1 Å². The molecule has 0 aliphatic carbocycles. The zero-order valence-electron chi connectivity index (χ0n) is 13.4. The standard InChI is InChI=1S/C19H19N3O2/c1-22-18(24)12-16(21-19(22)20)8-5-13-3-2-4-15(11-13)14-6-9-17(23)10-7-14/h2-4,6-7,9-12,23H,5,8H2,1H3,(H2,20,21). The number of nitrogens with zero attached hydrogens (tertiary/aromatic N) is 2. The van der Waals surface area contributed by atoms with Crippen molar-refractivity contribution in [1.29, 1.82) is 0 Å². The molecule has 1 aromatic heterocycles. The normalized spacial score (nSPS) is 10.7. The van der Waals surface area contributed by atoms with Crippen molar-refractivity contribution in [3.05, 3.63) is 76.2 Å². The van der Waals surface area contributed by atoms with Crippen LogP contribution in [0, 0.1) is 0 Å². The van der Waals surface area contributed by atoms with E-state index in [1.165, 1.54) is 10.6 Å². The number of aryl methyl sites for hydroxylation is 2. The number of hydrogen-bond donors (Lipinski definition) is 2. The highest BCUT2D eigenvalue weighted by Crippen LogP contribution is 2.23. The fourth-order valence-electron chi connectivity index (χ4n) is 2.57. The molecule has 0 bridgehead atoms. The Hall–Kier alpha value is -3.08. The maximum absolute atomic E-state index is 11.8. The minimum absolute atomic E-state index is 0.143. The van der Waals surface area contributed by atoms with Crippen LogP contribution in [0.25, 0.3) is 11.1 Å². The van der Waals surface area contributed by atoms with Crippen LogP contribution in [0.5, 0.6) is 5.75 Å². The number of benzene rings is 2. The van der Waals surface area contributed by atoms with Crippen molar-refractivity contribution in [3.63, 3.8) is 0 Å². The first-order valence-corrected chi connectivity index (χ1v) is 7.74. The van der Waals surface area contributed by atoms with Crippen LogP contribution < -0.4 is 11.3 Å². The Balaban J connectivity index is 1.78. The second-order valence-electron chi connectivity index (χ2n) is 5.75. The molecule has 3 aromatic rings. The minimum atomic E-state index is -0.143. The van der Waals surface area contributed by atoms with E-state index in [0.29, 0.717) is 12.1 Å². The van der Waals surface area contributed by atoms with Gasteiger partial charge in [-0.2, -0.15) is 0 Å². The number of hydrogen-bond acceptors (Lipinski definition) is 4. The smallest absolute Gasteiger partial charge is 0.254 e. The summed E-state index contributed by atoms with van der Waals surface area (Å²) in [4.78, 5) is 16.0. The lowest BCUT2D eigenvalue weighted by atomic mass is 10.0. The van der Waals surface area contributed by atoms with Gasteiger partial charge in [0, 0.05) is 13.1 Å². The Kier molecular flexibility index (Phi) is 4.33. The van der Waals surface area contributed by atoms with Crippen molar-refractivity contribution in [2.75, 3.05) is 5.73 Å². The van der Waals surface area contributed by atoms with E-state index in [2.05, 4.69) is 11.1 Å². The highest BCUT2D eigenvalue weighted by Gasteiger charge is 2.05. The van der Waals surface area contributed by atoms with Gasteiger partial charge in [-0.25, -0.2) is 4.98 Å². The molecule has 0 radical (unpaired) electrons. The molecule has 0 saturated heterocycles. The summed E-state index contributed by atoms with van der Waals surface area (Å²) in [6, 6.07) is 16.8. The van der Waals surface area contributed by atoms with Crippen molar-refractivity contribution in [3.8, 4) is 16.9 Å². The zero-order chi connectivity index (χ0) is 17.1. The summed E-state index contributed by atoms with van der Waals surface area (Å²) in [6.45, 7) is 0. The predicted octanol–water partition coefficient (Wildman–Crippen LogP) is 2.52. The molecule has 1 heterocycles. The minimum Gasteiger partial charge on any atom is -0.508 e. The highest BCUT2D eigenvalue weighted by atomic mass is 16.3. The molecule has 0 saturated carbocycles. The van der Waals surface area contributed by atoms with Crippen LogP contribution in [-0.4, -0.2) is 14.7 Å². The quantitative estimate of drug-likeness (QED) is 0.773. The molecule has 2 aromatic carbocycles. The zero-order valence-corrected chi connectivity index (χ0v) is 13.4. The summed E-state index contributed by atoms with van der Waals surface area (Å²) in [5.74, 6) is 0.486. The van der Waals surface area contributed by atoms with Crippen molar-refractivity contribution in [2.45, 2.75) is 12.8 Å². The Labute approximate surface area is 140 Å². The molecule has 24 heavy (non-hydrogen) atoms. The summed E-state index contributed by atoms with van der Waals surface area (Å²) >= 11 is 0. The third-order valence-corrected chi connectivity index (χ3v) is 4.02. The van der Waals surface area contributed by atoms with E-state index in [9.17, 15) is 9.90 Å². The predicted molar refractivity (Wildman–Crippen MR) is 94.8 cm³/mol. The molecule has 0 aliphatic rings. The van der Waals surface area contributed by atoms with Crippen LogP contribution in [0.2, 0.25) is 0 Å². The number of nitrogen functional groups attached to an aromatic ring is 1. The van der Waals surface area contributed by atoms with Gasteiger partial charge < -0.3 is 10.8 Å². The third kappa shape index (κ3) is 3.46. The lowest BCUT2D eigenvalue weighted by Crippen LogP contribution is -2.21. The Bertz CT molecular complexity index is 915. The maximum atomic E-state index is 11.8. The average molecular weight is 321 g/mol. The SMILES string of the molecule is Cn1c(N)nc(CCc2cccc(-c3ccc(O)cc3)c2)cc1=O. The van der Waals surface area contributed by atoms with Crippen molar-refractivity contribution in [1.82, 2.24) is 9.55 Å². The summed E-state index contributed by atoms with van der Waals surface area (Å²) < 4.78 is 1.33. The monoisotopic (exact) mass is 321 g/mol. The molecule has 5 heteroatoms. The van der Waals surface area contributed by atoms with Crippen LogP contribution in [0.3, 0.4) is 0 Å². The molecule has 5 nitrogen and oxygen atoms in total.